The van der Waals surface area contributed by atoms with Gasteiger partial charge in [-0.05, 0) is 60.9 Å². The van der Waals surface area contributed by atoms with Crippen LogP contribution in [-0.4, -0.2) is 43.1 Å². The number of imide groups is 2. The number of halogens is 1. The Labute approximate surface area is 243 Å². The zero-order valence-corrected chi connectivity index (χ0v) is 23.8. The van der Waals surface area contributed by atoms with Crippen molar-refractivity contribution in [1.29, 1.82) is 0 Å². The molecule has 1 N–H and O–H groups in total. The van der Waals surface area contributed by atoms with E-state index in [9.17, 15) is 14.4 Å². The maximum Gasteiger partial charge on any atom is 0.331 e. The van der Waals surface area contributed by atoms with E-state index in [1.165, 1.54) is 13.2 Å². The van der Waals surface area contributed by atoms with Gasteiger partial charge in [0.25, 0.3) is 11.8 Å². The first-order chi connectivity index (χ1) is 19.8. The van der Waals surface area contributed by atoms with Crippen LogP contribution in [0.3, 0.4) is 0 Å². The first-order valence-corrected chi connectivity index (χ1v) is 13.5. The molecule has 0 bridgehead atoms. The molecule has 3 aromatic rings. The summed E-state index contributed by atoms with van der Waals surface area (Å²) in [6.07, 6.45) is 2.24. The summed E-state index contributed by atoms with van der Waals surface area (Å²) in [5.41, 5.74) is 1.77. The van der Waals surface area contributed by atoms with Gasteiger partial charge in [0.05, 0.1) is 26.9 Å². The summed E-state index contributed by atoms with van der Waals surface area (Å²) in [6, 6.07) is 16.8. The normalized spacial score (nSPS) is 14.2. The van der Waals surface area contributed by atoms with Crippen LogP contribution >= 0.6 is 11.6 Å². The minimum Gasteiger partial charge on any atom is -0.493 e. The van der Waals surface area contributed by atoms with Crippen LogP contribution in [0.4, 0.5) is 4.79 Å². The number of benzene rings is 3. The predicted octanol–water partition coefficient (Wildman–Crippen LogP) is 5.78. The van der Waals surface area contributed by atoms with E-state index >= 15 is 0 Å². The third-order valence-electron chi connectivity index (χ3n) is 6.14. The van der Waals surface area contributed by atoms with Crippen LogP contribution in [0.2, 0.25) is 5.02 Å². The Kier molecular flexibility index (Phi) is 9.86. The maximum absolute atomic E-state index is 13.3. The Morgan fingerprint density at radius 2 is 1.63 bits per heavy atom. The van der Waals surface area contributed by atoms with Crippen molar-refractivity contribution >= 4 is 35.5 Å². The van der Waals surface area contributed by atoms with Gasteiger partial charge in [-0.1, -0.05) is 48.9 Å². The molecule has 0 saturated carbocycles. The molecule has 9 nitrogen and oxygen atoms in total. The predicted molar refractivity (Wildman–Crippen MR) is 154 cm³/mol. The highest BCUT2D eigenvalue weighted by molar-refractivity contribution is 6.31. The van der Waals surface area contributed by atoms with E-state index in [1.807, 2.05) is 32.0 Å². The van der Waals surface area contributed by atoms with E-state index in [-0.39, 0.29) is 18.7 Å². The summed E-state index contributed by atoms with van der Waals surface area (Å²) < 4.78 is 22.8. The van der Waals surface area contributed by atoms with Gasteiger partial charge in [0.2, 0.25) is 0 Å². The molecule has 1 aliphatic rings. The van der Waals surface area contributed by atoms with Gasteiger partial charge in [0, 0.05) is 10.6 Å². The summed E-state index contributed by atoms with van der Waals surface area (Å²) in [5, 5.41) is 2.83. The van der Waals surface area contributed by atoms with Crippen molar-refractivity contribution < 1.29 is 33.3 Å². The molecule has 1 heterocycles. The lowest BCUT2D eigenvalue weighted by molar-refractivity contribution is -0.130. The molecule has 0 atom stereocenters. The fraction of sp³-hybridized carbons (Fsp3) is 0.258. The van der Waals surface area contributed by atoms with Gasteiger partial charge < -0.3 is 18.9 Å². The highest BCUT2D eigenvalue weighted by Gasteiger charge is 2.36. The number of carbonyl (C=O) groups is 3. The van der Waals surface area contributed by atoms with E-state index in [4.69, 9.17) is 30.5 Å². The Morgan fingerprint density at radius 1 is 0.878 bits per heavy atom. The summed E-state index contributed by atoms with van der Waals surface area (Å²) >= 11 is 6.22. The molecular formula is C31H31ClN2O7. The second kappa shape index (κ2) is 13.7. The number of amides is 4. The van der Waals surface area contributed by atoms with E-state index in [1.54, 1.807) is 42.5 Å². The van der Waals surface area contributed by atoms with Crippen molar-refractivity contribution in [3.8, 4) is 23.0 Å². The first-order valence-electron chi connectivity index (χ1n) is 13.2. The SMILES string of the molecule is CCCOc1ccc(CN2C(=O)NC(=O)/C(=C\c3ccc(OCc4ccccc4Cl)c(OC)c3)C2=O)cc1OCC. The molecule has 0 radical (unpaired) electrons. The number of carbonyl (C=O) groups excluding carboxylic acids is 3. The van der Waals surface area contributed by atoms with Gasteiger partial charge in [-0.2, -0.15) is 0 Å². The van der Waals surface area contributed by atoms with Gasteiger partial charge in [0.15, 0.2) is 23.0 Å². The van der Waals surface area contributed by atoms with Gasteiger partial charge in [-0.3, -0.25) is 19.8 Å². The number of nitrogens with one attached hydrogen (secondary N) is 1. The smallest absolute Gasteiger partial charge is 0.331 e. The molecule has 1 fully saturated rings. The molecule has 1 aliphatic heterocycles. The Hall–Kier alpha value is -4.50. The van der Waals surface area contributed by atoms with E-state index < -0.39 is 17.8 Å². The van der Waals surface area contributed by atoms with Crippen molar-refractivity contribution in [2.24, 2.45) is 0 Å². The second-order valence-corrected chi connectivity index (χ2v) is 9.47. The lowest BCUT2D eigenvalue weighted by Gasteiger charge is -2.26. The fourth-order valence-corrected chi connectivity index (χ4v) is 4.29. The van der Waals surface area contributed by atoms with Crippen LogP contribution in [-0.2, 0) is 22.7 Å². The van der Waals surface area contributed by atoms with Crippen LogP contribution in [0.15, 0.2) is 66.2 Å². The Bertz CT molecular complexity index is 1470. The molecule has 4 rings (SSSR count). The van der Waals surface area contributed by atoms with Crippen LogP contribution in [0.25, 0.3) is 6.08 Å². The molecule has 4 amide bonds. The summed E-state index contributed by atoms with van der Waals surface area (Å²) in [4.78, 5) is 39.6. The molecule has 0 aromatic heterocycles. The van der Waals surface area contributed by atoms with Gasteiger partial charge in [-0.25, -0.2) is 4.79 Å². The average Bonchev–Trinajstić information content (AvgIpc) is 2.97. The number of ether oxygens (including phenoxy) is 4. The van der Waals surface area contributed by atoms with Crippen molar-refractivity contribution in [3.63, 3.8) is 0 Å². The van der Waals surface area contributed by atoms with Gasteiger partial charge in [0.1, 0.15) is 12.2 Å². The maximum atomic E-state index is 13.3. The summed E-state index contributed by atoms with van der Waals surface area (Å²) in [7, 11) is 1.49. The minimum atomic E-state index is -0.803. The highest BCUT2D eigenvalue weighted by Crippen LogP contribution is 2.32. The van der Waals surface area contributed by atoms with Gasteiger partial charge in [-0.15, -0.1) is 0 Å². The Morgan fingerprint density at radius 3 is 2.37 bits per heavy atom. The Balaban J connectivity index is 1.54. The van der Waals surface area contributed by atoms with Crippen molar-refractivity contribution in [3.05, 3.63) is 87.9 Å². The number of hydrogen-bond donors (Lipinski definition) is 1. The standard InChI is InChI=1S/C31H31ClN2O7/c1-4-14-40-26-13-11-21(17-28(26)39-5-2)18-34-30(36)23(29(35)33-31(34)37)15-20-10-12-25(27(16-20)38-3)41-19-22-8-6-7-9-24(22)32/h6-13,15-17H,4-5,14,18-19H2,1-3H3,(H,33,35,37)/b23-15+. The number of rotatable bonds is 12. The number of nitrogens with zero attached hydrogens (tertiary/aromatic N) is 1. The lowest BCUT2D eigenvalue weighted by atomic mass is 10.1. The van der Waals surface area contributed by atoms with Crippen LogP contribution in [0.1, 0.15) is 37.0 Å². The molecule has 214 valence electrons. The number of hydrogen-bond acceptors (Lipinski definition) is 7. The van der Waals surface area contributed by atoms with E-state index in [0.717, 1.165) is 16.9 Å². The van der Waals surface area contributed by atoms with E-state index in [2.05, 4.69) is 5.32 Å². The minimum absolute atomic E-state index is 0.0679. The third kappa shape index (κ3) is 7.18. The van der Waals surface area contributed by atoms with Crippen molar-refractivity contribution in [1.82, 2.24) is 10.2 Å². The molecular weight excluding hydrogens is 548 g/mol. The molecule has 0 unspecified atom stereocenters. The second-order valence-electron chi connectivity index (χ2n) is 9.06. The zero-order valence-electron chi connectivity index (χ0n) is 23.1. The van der Waals surface area contributed by atoms with Crippen LogP contribution < -0.4 is 24.3 Å². The van der Waals surface area contributed by atoms with Crippen LogP contribution in [0.5, 0.6) is 23.0 Å². The third-order valence-corrected chi connectivity index (χ3v) is 6.50. The summed E-state index contributed by atoms with van der Waals surface area (Å²) in [6.45, 7) is 4.97. The van der Waals surface area contributed by atoms with Gasteiger partial charge >= 0.3 is 6.03 Å². The number of barbiturate groups is 1. The van der Waals surface area contributed by atoms with Crippen LogP contribution in [0, 0.1) is 0 Å². The van der Waals surface area contributed by atoms with E-state index in [0.29, 0.717) is 52.4 Å². The fourth-order valence-electron chi connectivity index (χ4n) is 4.10. The molecule has 0 aliphatic carbocycles. The quantitative estimate of drug-likeness (QED) is 0.215. The van der Waals surface area contributed by atoms with Crippen molar-refractivity contribution in [2.45, 2.75) is 33.4 Å². The number of urea groups is 1. The monoisotopic (exact) mass is 578 g/mol. The topological polar surface area (TPSA) is 103 Å². The molecule has 3 aromatic carbocycles. The first kappa shape index (κ1) is 29.5. The molecule has 41 heavy (non-hydrogen) atoms. The molecule has 1 saturated heterocycles. The zero-order chi connectivity index (χ0) is 29.4. The summed E-state index contributed by atoms with van der Waals surface area (Å²) in [5.74, 6) is 0.447. The molecule has 10 heteroatoms. The van der Waals surface area contributed by atoms with Crippen molar-refractivity contribution in [2.75, 3.05) is 20.3 Å². The highest BCUT2D eigenvalue weighted by atomic mass is 35.5. The molecule has 0 spiro atoms. The largest absolute Gasteiger partial charge is 0.493 e. The number of methoxy groups -OCH3 is 1. The lowest BCUT2D eigenvalue weighted by Crippen LogP contribution is -2.53. The average molecular weight is 579 g/mol.